The van der Waals surface area contributed by atoms with Crippen molar-refractivity contribution in [3.8, 4) is 0 Å². The van der Waals surface area contributed by atoms with Gasteiger partial charge in [-0.25, -0.2) is 0 Å². The molecule has 0 saturated heterocycles. The molecule has 0 aromatic carbocycles. The molecule has 1 aromatic heterocycles. The van der Waals surface area contributed by atoms with E-state index in [0.29, 0.717) is 22.4 Å². The molecule has 0 amide bonds. The summed E-state index contributed by atoms with van der Waals surface area (Å²) >= 11 is 0. The van der Waals surface area contributed by atoms with Gasteiger partial charge in [-0.05, 0) is 19.9 Å². The number of hydrogen-bond acceptors (Lipinski definition) is 4. The maximum atomic E-state index is 10.4. The SMILES string of the molecule is Cc1noc(C)c1/C=C/S(=O)(=O)O. The van der Waals surface area contributed by atoms with Crippen LogP contribution in [0.5, 0.6) is 0 Å². The maximum absolute atomic E-state index is 10.4. The highest BCUT2D eigenvalue weighted by molar-refractivity contribution is 7.88. The van der Waals surface area contributed by atoms with Gasteiger partial charge in [-0.1, -0.05) is 5.16 Å². The Balaban J connectivity index is 3.05. The van der Waals surface area contributed by atoms with Crippen LogP contribution in [0.2, 0.25) is 0 Å². The monoisotopic (exact) mass is 203 g/mol. The van der Waals surface area contributed by atoms with E-state index in [1.807, 2.05) is 0 Å². The minimum Gasteiger partial charge on any atom is -0.361 e. The van der Waals surface area contributed by atoms with Crippen LogP contribution in [-0.2, 0) is 10.1 Å². The fourth-order valence-corrected chi connectivity index (χ4v) is 1.19. The van der Waals surface area contributed by atoms with Gasteiger partial charge in [0.25, 0.3) is 10.1 Å². The molecule has 0 unspecified atom stereocenters. The van der Waals surface area contributed by atoms with Crippen LogP contribution in [0, 0.1) is 13.8 Å². The van der Waals surface area contributed by atoms with Gasteiger partial charge in [0, 0.05) is 5.56 Å². The smallest absolute Gasteiger partial charge is 0.287 e. The molecule has 0 spiro atoms. The Morgan fingerprint density at radius 2 is 2.08 bits per heavy atom. The van der Waals surface area contributed by atoms with Gasteiger partial charge in [-0.3, -0.25) is 4.55 Å². The first-order valence-corrected chi connectivity index (χ1v) is 4.99. The lowest BCUT2D eigenvalue weighted by Gasteiger charge is -1.87. The maximum Gasteiger partial charge on any atom is 0.287 e. The normalized spacial score (nSPS) is 12.5. The minimum absolute atomic E-state index is 0.511. The average molecular weight is 203 g/mol. The van der Waals surface area contributed by atoms with Crippen LogP contribution >= 0.6 is 0 Å². The third-order valence-corrected chi connectivity index (χ3v) is 1.98. The molecule has 0 saturated carbocycles. The van der Waals surface area contributed by atoms with Crippen molar-refractivity contribution in [2.75, 3.05) is 0 Å². The number of hydrogen-bond donors (Lipinski definition) is 1. The minimum atomic E-state index is -4.08. The summed E-state index contributed by atoms with van der Waals surface area (Å²) in [4.78, 5) is 0. The molecular weight excluding hydrogens is 194 g/mol. The van der Waals surface area contributed by atoms with E-state index in [2.05, 4.69) is 5.16 Å². The van der Waals surface area contributed by atoms with E-state index in [1.54, 1.807) is 13.8 Å². The number of nitrogens with zero attached hydrogens (tertiary/aromatic N) is 1. The van der Waals surface area contributed by atoms with Gasteiger partial charge in [0.15, 0.2) is 0 Å². The van der Waals surface area contributed by atoms with Crippen LogP contribution in [-0.4, -0.2) is 18.1 Å². The summed E-state index contributed by atoms with van der Waals surface area (Å²) in [6.07, 6.45) is 1.25. The first-order chi connectivity index (χ1) is 5.90. The fraction of sp³-hybridized carbons (Fsp3) is 0.286. The Hall–Kier alpha value is -1.14. The van der Waals surface area contributed by atoms with Crippen LogP contribution < -0.4 is 0 Å². The largest absolute Gasteiger partial charge is 0.361 e. The molecule has 1 aromatic rings. The summed E-state index contributed by atoms with van der Waals surface area (Å²) in [5, 5.41) is 4.31. The van der Waals surface area contributed by atoms with E-state index >= 15 is 0 Å². The molecule has 1 N–H and O–H groups in total. The molecule has 0 aliphatic rings. The standard InChI is InChI=1S/C7H9NO4S/c1-5-7(6(2)12-8-5)3-4-13(9,10)11/h3-4H,1-2H3,(H,9,10,11)/b4-3+. The van der Waals surface area contributed by atoms with Gasteiger partial charge in [-0.2, -0.15) is 8.42 Å². The van der Waals surface area contributed by atoms with Gasteiger partial charge in [0.1, 0.15) is 5.76 Å². The molecule has 0 aliphatic carbocycles. The van der Waals surface area contributed by atoms with Crippen LogP contribution in [0.3, 0.4) is 0 Å². The lowest BCUT2D eigenvalue weighted by molar-refractivity contribution is 0.393. The van der Waals surface area contributed by atoms with Crippen molar-refractivity contribution in [1.82, 2.24) is 5.16 Å². The molecule has 0 fully saturated rings. The van der Waals surface area contributed by atoms with Gasteiger partial charge in [0.05, 0.1) is 11.1 Å². The van der Waals surface area contributed by atoms with Crippen LogP contribution in [0.1, 0.15) is 17.0 Å². The number of rotatable bonds is 2. The van der Waals surface area contributed by atoms with E-state index in [1.165, 1.54) is 6.08 Å². The lowest BCUT2D eigenvalue weighted by atomic mass is 10.2. The van der Waals surface area contributed by atoms with Crippen LogP contribution in [0.25, 0.3) is 6.08 Å². The van der Waals surface area contributed by atoms with Gasteiger partial charge >= 0.3 is 0 Å². The average Bonchev–Trinajstić information content (AvgIpc) is 2.27. The van der Waals surface area contributed by atoms with Crippen molar-refractivity contribution in [3.63, 3.8) is 0 Å². The van der Waals surface area contributed by atoms with E-state index in [4.69, 9.17) is 9.08 Å². The molecule has 1 heterocycles. The zero-order chi connectivity index (χ0) is 10.1. The lowest BCUT2D eigenvalue weighted by Crippen LogP contribution is -1.89. The first kappa shape index (κ1) is 9.94. The molecule has 0 radical (unpaired) electrons. The van der Waals surface area contributed by atoms with E-state index in [-0.39, 0.29) is 0 Å². The Bertz CT molecular complexity index is 410. The van der Waals surface area contributed by atoms with Crippen molar-refractivity contribution in [3.05, 3.63) is 22.4 Å². The summed E-state index contributed by atoms with van der Waals surface area (Å²) in [7, 11) is -4.08. The van der Waals surface area contributed by atoms with E-state index in [0.717, 1.165) is 0 Å². The molecular formula is C7H9NO4S. The third kappa shape index (κ3) is 2.67. The Morgan fingerprint density at radius 3 is 2.46 bits per heavy atom. The Kier molecular flexibility index (Phi) is 2.53. The topological polar surface area (TPSA) is 80.4 Å². The van der Waals surface area contributed by atoms with Crippen molar-refractivity contribution < 1.29 is 17.5 Å². The van der Waals surface area contributed by atoms with Crippen molar-refractivity contribution in [2.24, 2.45) is 0 Å². The molecule has 5 nitrogen and oxygen atoms in total. The van der Waals surface area contributed by atoms with Crippen LogP contribution in [0.4, 0.5) is 0 Å². The fourth-order valence-electron chi connectivity index (χ4n) is 0.882. The molecule has 72 valence electrons. The zero-order valence-electron chi connectivity index (χ0n) is 7.18. The third-order valence-electron chi connectivity index (χ3n) is 1.50. The summed E-state index contributed by atoms with van der Waals surface area (Å²) in [6.45, 7) is 3.34. The van der Waals surface area contributed by atoms with Crippen molar-refractivity contribution >= 4 is 16.2 Å². The Labute approximate surface area is 75.8 Å². The molecule has 0 atom stereocenters. The van der Waals surface area contributed by atoms with Gasteiger partial charge < -0.3 is 4.52 Å². The second-order valence-electron chi connectivity index (χ2n) is 2.56. The highest BCUT2D eigenvalue weighted by Crippen LogP contribution is 2.14. The highest BCUT2D eigenvalue weighted by Gasteiger charge is 2.06. The molecule has 13 heavy (non-hydrogen) atoms. The van der Waals surface area contributed by atoms with Crippen molar-refractivity contribution in [2.45, 2.75) is 13.8 Å². The summed E-state index contributed by atoms with van der Waals surface area (Å²) in [6, 6.07) is 0. The van der Waals surface area contributed by atoms with Crippen LogP contribution in [0.15, 0.2) is 9.93 Å². The van der Waals surface area contributed by atoms with E-state index in [9.17, 15) is 8.42 Å². The molecule has 1 rings (SSSR count). The predicted molar refractivity (Wildman–Crippen MR) is 46.6 cm³/mol. The first-order valence-electron chi connectivity index (χ1n) is 3.48. The second-order valence-corrected chi connectivity index (χ2v) is 3.86. The summed E-state index contributed by atoms with van der Waals surface area (Å²) in [5.41, 5.74) is 1.15. The second kappa shape index (κ2) is 3.31. The Morgan fingerprint density at radius 1 is 1.46 bits per heavy atom. The summed E-state index contributed by atoms with van der Waals surface area (Å²) in [5.74, 6) is 0.511. The quantitative estimate of drug-likeness (QED) is 0.729. The highest BCUT2D eigenvalue weighted by atomic mass is 32.2. The number of aromatic nitrogens is 1. The number of aryl methyl sites for hydroxylation is 2. The predicted octanol–water partition coefficient (Wildman–Crippen LogP) is 1.15. The van der Waals surface area contributed by atoms with Gasteiger partial charge in [-0.15, -0.1) is 0 Å². The van der Waals surface area contributed by atoms with E-state index < -0.39 is 10.1 Å². The molecule has 6 heteroatoms. The van der Waals surface area contributed by atoms with Gasteiger partial charge in [0.2, 0.25) is 0 Å². The zero-order valence-corrected chi connectivity index (χ0v) is 8.00. The molecule has 0 bridgehead atoms. The molecule has 0 aliphatic heterocycles. The summed E-state index contributed by atoms with van der Waals surface area (Å²) < 4.78 is 33.9. The van der Waals surface area contributed by atoms with Crippen molar-refractivity contribution in [1.29, 1.82) is 0 Å².